The van der Waals surface area contributed by atoms with Gasteiger partial charge in [0.2, 0.25) is 0 Å². The second-order valence-electron chi connectivity index (χ2n) is 7.18. The highest BCUT2D eigenvalue weighted by atomic mass is 35.5. The van der Waals surface area contributed by atoms with Crippen LogP contribution in [0.5, 0.6) is 0 Å². The zero-order chi connectivity index (χ0) is 18.4. The highest BCUT2D eigenvalue weighted by Gasteiger charge is 2.41. The number of aliphatic hydroxyl groups excluding tert-OH is 1. The fraction of sp³-hybridized carbons (Fsp3) is 0.318. The molecule has 2 aromatic carbocycles. The second kappa shape index (κ2) is 6.55. The molecule has 1 N–H and O–H groups in total. The van der Waals surface area contributed by atoms with Gasteiger partial charge in [0.15, 0.2) is 5.78 Å². The number of benzene rings is 2. The van der Waals surface area contributed by atoms with E-state index in [0.29, 0.717) is 21.7 Å². The van der Waals surface area contributed by atoms with Crippen LogP contribution < -0.4 is 0 Å². The molecule has 0 radical (unpaired) electrons. The molecule has 4 heteroatoms. The van der Waals surface area contributed by atoms with Crippen molar-refractivity contribution in [3.05, 3.63) is 64.1 Å². The molecule has 0 heterocycles. The molecule has 134 valence electrons. The van der Waals surface area contributed by atoms with E-state index >= 15 is 0 Å². The number of Topliss-reactive ketones (excluding diaryl/α,β-unsaturated/α-hetero) is 1. The van der Waals surface area contributed by atoms with Crippen LogP contribution >= 0.6 is 11.6 Å². The van der Waals surface area contributed by atoms with Crippen molar-refractivity contribution >= 4 is 23.0 Å². The number of hydrogen-bond acceptors (Lipinski definition) is 2. The summed E-state index contributed by atoms with van der Waals surface area (Å²) in [5.74, 6) is -0.0762. The minimum absolute atomic E-state index is 0.00605. The fourth-order valence-electron chi connectivity index (χ4n) is 4.28. The summed E-state index contributed by atoms with van der Waals surface area (Å²) in [6.45, 7) is 2.01. The Morgan fingerprint density at radius 1 is 1.12 bits per heavy atom. The monoisotopic (exact) mass is 370 g/mol. The van der Waals surface area contributed by atoms with Crippen LogP contribution in [0.1, 0.15) is 37.3 Å². The molecule has 0 aromatic heterocycles. The van der Waals surface area contributed by atoms with E-state index in [2.05, 4.69) is 0 Å². The smallest absolute Gasteiger partial charge is 0.169 e. The molecule has 0 aliphatic heterocycles. The minimum atomic E-state index is -0.402. The minimum Gasteiger partial charge on any atom is -0.511 e. The molecule has 1 fully saturated rings. The molecule has 2 nitrogen and oxygen atoms in total. The fourth-order valence-corrected chi connectivity index (χ4v) is 4.44. The van der Waals surface area contributed by atoms with Crippen molar-refractivity contribution in [3.63, 3.8) is 0 Å². The summed E-state index contributed by atoms with van der Waals surface area (Å²) in [7, 11) is 0. The zero-order valence-electron chi connectivity index (χ0n) is 14.6. The number of carbonyl (C=O) groups excluding carboxylic acids is 1. The van der Waals surface area contributed by atoms with Crippen molar-refractivity contribution < 1.29 is 14.3 Å². The van der Waals surface area contributed by atoms with Crippen LogP contribution in [0.2, 0.25) is 5.02 Å². The van der Waals surface area contributed by atoms with Crippen LogP contribution in [-0.4, -0.2) is 10.9 Å². The van der Waals surface area contributed by atoms with Gasteiger partial charge in [-0.25, -0.2) is 4.39 Å². The molecule has 4 rings (SSSR count). The molecular formula is C22H20ClFO2. The van der Waals surface area contributed by atoms with Crippen molar-refractivity contribution in [1.29, 1.82) is 0 Å². The van der Waals surface area contributed by atoms with Crippen LogP contribution in [0.4, 0.5) is 4.39 Å². The number of hydrogen-bond donors (Lipinski definition) is 1. The van der Waals surface area contributed by atoms with Crippen molar-refractivity contribution in [2.45, 2.75) is 32.6 Å². The maximum Gasteiger partial charge on any atom is 0.169 e. The molecule has 0 amide bonds. The van der Waals surface area contributed by atoms with Gasteiger partial charge in [-0.3, -0.25) is 4.79 Å². The second-order valence-corrected chi connectivity index (χ2v) is 7.62. The Kier molecular flexibility index (Phi) is 4.36. The number of aryl methyl sites for hydroxylation is 1. The first-order valence-corrected chi connectivity index (χ1v) is 9.43. The van der Waals surface area contributed by atoms with Gasteiger partial charge in [-0.05, 0) is 66.6 Å². The lowest BCUT2D eigenvalue weighted by Gasteiger charge is -2.23. The lowest BCUT2D eigenvalue weighted by Crippen LogP contribution is -2.22. The number of halogens is 2. The molecule has 26 heavy (non-hydrogen) atoms. The molecular weight excluding hydrogens is 351 g/mol. The first kappa shape index (κ1) is 17.3. The number of carbonyl (C=O) groups is 1. The lowest BCUT2D eigenvalue weighted by molar-refractivity contribution is -0.117. The molecule has 0 saturated heterocycles. The topological polar surface area (TPSA) is 37.3 Å². The Balaban J connectivity index is 1.88. The number of allylic oxidation sites excluding steroid dienone is 2. The molecule has 2 aromatic rings. The molecule has 2 atom stereocenters. The highest BCUT2D eigenvalue weighted by Crippen LogP contribution is 2.46. The molecule has 0 unspecified atom stereocenters. The van der Waals surface area contributed by atoms with E-state index in [0.717, 1.165) is 36.8 Å². The maximum atomic E-state index is 14.4. The van der Waals surface area contributed by atoms with Gasteiger partial charge in [-0.15, -0.1) is 0 Å². The Morgan fingerprint density at radius 2 is 1.88 bits per heavy atom. The summed E-state index contributed by atoms with van der Waals surface area (Å²) >= 11 is 5.86. The predicted molar refractivity (Wildman–Crippen MR) is 102 cm³/mol. The average molecular weight is 371 g/mol. The molecule has 2 bridgehead atoms. The van der Waals surface area contributed by atoms with E-state index in [-0.39, 0.29) is 23.4 Å². The summed E-state index contributed by atoms with van der Waals surface area (Å²) in [6.07, 6.45) is 3.18. The summed E-state index contributed by atoms with van der Waals surface area (Å²) < 4.78 is 14.4. The lowest BCUT2D eigenvalue weighted by atomic mass is 9.81. The SMILES string of the molecule is CCc1ccc(-c2ccc(Cl)cc2F)cc1C1=C(O)[C@@H]2CC[C@@H](C2)C1=O. The first-order valence-electron chi connectivity index (χ1n) is 9.05. The van der Waals surface area contributed by atoms with Crippen LogP contribution in [0.25, 0.3) is 16.7 Å². The third-order valence-corrected chi connectivity index (χ3v) is 5.93. The van der Waals surface area contributed by atoms with Gasteiger partial charge in [0.1, 0.15) is 11.6 Å². The Morgan fingerprint density at radius 3 is 2.62 bits per heavy atom. The van der Waals surface area contributed by atoms with Gasteiger partial charge in [0.05, 0.1) is 5.57 Å². The third kappa shape index (κ3) is 2.75. The predicted octanol–water partition coefficient (Wildman–Crippen LogP) is 5.98. The number of fused-ring (bicyclic) bond motifs is 2. The van der Waals surface area contributed by atoms with Crippen LogP contribution in [0.3, 0.4) is 0 Å². The van der Waals surface area contributed by atoms with Gasteiger partial charge >= 0.3 is 0 Å². The van der Waals surface area contributed by atoms with Crippen molar-refractivity contribution in [2.75, 3.05) is 0 Å². The molecule has 2 aliphatic rings. The summed E-state index contributed by atoms with van der Waals surface area (Å²) in [5, 5.41) is 11.1. The van der Waals surface area contributed by atoms with Crippen LogP contribution in [0, 0.1) is 17.7 Å². The third-order valence-electron chi connectivity index (χ3n) is 5.69. The van der Waals surface area contributed by atoms with Gasteiger partial charge in [-0.2, -0.15) is 0 Å². The van der Waals surface area contributed by atoms with Crippen molar-refractivity contribution in [3.8, 4) is 11.1 Å². The van der Waals surface area contributed by atoms with Crippen molar-refractivity contribution in [1.82, 2.24) is 0 Å². The quantitative estimate of drug-likeness (QED) is 0.721. The van der Waals surface area contributed by atoms with Crippen LogP contribution in [0.15, 0.2) is 42.2 Å². The van der Waals surface area contributed by atoms with E-state index in [1.165, 1.54) is 6.07 Å². The van der Waals surface area contributed by atoms with Gasteiger partial charge in [0, 0.05) is 22.4 Å². The number of ketones is 1. The summed E-state index contributed by atoms with van der Waals surface area (Å²) in [5.41, 5.74) is 3.27. The highest BCUT2D eigenvalue weighted by molar-refractivity contribution is 6.30. The van der Waals surface area contributed by atoms with E-state index in [1.54, 1.807) is 12.1 Å². The number of aliphatic hydroxyl groups is 1. The Hall–Kier alpha value is -2.13. The summed E-state index contributed by atoms with van der Waals surface area (Å²) in [6, 6.07) is 10.2. The summed E-state index contributed by atoms with van der Waals surface area (Å²) in [4.78, 5) is 12.9. The van der Waals surface area contributed by atoms with Gasteiger partial charge < -0.3 is 5.11 Å². The van der Waals surface area contributed by atoms with E-state index < -0.39 is 5.82 Å². The number of rotatable bonds is 3. The zero-order valence-corrected chi connectivity index (χ0v) is 15.3. The Labute approximate surface area is 157 Å². The maximum absolute atomic E-state index is 14.4. The van der Waals surface area contributed by atoms with E-state index in [4.69, 9.17) is 11.6 Å². The largest absolute Gasteiger partial charge is 0.511 e. The molecule has 1 saturated carbocycles. The molecule has 0 spiro atoms. The van der Waals surface area contributed by atoms with E-state index in [9.17, 15) is 14.3 Å². The van der Waals surface area contributed by atoms with Crippen LogP contribution in [-0.2, 0) is 11.2 Å². The van der Waals surface area contributed by atoms with Gasteiger partial charge in [-0.1, -0.05) is 30.7 Å². The molecule has 2 aliphatic carbocycles. The van der Waals surface area contributed by atoms with Crippen molar-refractivity contribution in [2.24, 2.45) is 11.8 Å². The Bertz CT molecular complexity index is 932. The average Bonchev–Trinajstić information content (AvgIpc) is 3.07. The van der Waals surface area contributed by atoms with E-state index in [1.807, 2.05) is 25.1 Å². The van der Waals surface area contributed by atoms with Gasteiger partial charge in [0.25, 0.3) is 0 Å². The standard InChI is InChI=1S/C22H20ClFO2/c1-2-12-3-4-13(17-8-7-16(23)11-19(17)24)10-18(12)20-21(25)14-5-6-15(9-14)22(20)26/h3-4,7-8,10-11,14-15,25H,2,5-6,9H2,1H3/t14-,15+/m1/s1. The normalized spacial score (nSPS) is 22.2. The first-order chi connectivity index (χ1) is 12.5.